The molecular weight excluding hydrogens is 361 g/mol. The van der Waals surface area contributed by atoms with Gasteiger partial charge in [0.1, 0.15) is 5.02 Å². The lowest BCUT2D eigenvalue weighted by atomic mass is 10.2. The van der Waals surface area contributed by atoms with Crippen molar-refractivity contribution in [3.8, 4) is 0 Å². The fourth-order valence-corrected chi connectivity index (χ4v) is 2.01. The number of pyridine rings is 1. The number of anilines is 1. The molecular formula is C14H9Cl2N3O5. The Hall–Kier alpha value is -2.71. The van der Waals surface area contributed by atoms with E-state index in [1.807, 2.05) is 0 Å². The molecule has 0 spiro atoms. The second-order valence-electron chi connectivity index (χ2n) is 4.39. The molecule has 8 nitrogen and oxygen atoms in total. The van der Waals surface area contributed by atoms with E-state index < -0.39 is 29.1 Å². The second kappa shape index (κ2) is 7.71. The minimum absolute atomic E-state index is 0.0884. The van der Waals surface area contributed by atoms with Gasteiger partial charge in [0, 0.05) is 12.3 Å². The number of benzene rings is 1. The zero-order valence-corrected chi connectivity index (χ0v) is 13.4. The molecule has 1 heterocycles. The van der Waals surface area contributed by atoms with Gasteiger partial charge in [-0.05, 0) is 24.3 Å². The summed E-state index contributed by atoms with van der Waals surface area (Å²) < 4.78 is 4.80. The van der Waals surface area contributed by atoms with Gasteiger partial charge in [0.15, 0.2) is 11.8 Å². The molecule has 2 rings (SSSR count). The van der Waals surface area contributed by atoms with E-state index >= 15 is 0 Å². The zero-order valence-electron chi connectivity index (χ0n) is 11.9. The molecule has 1 N–H and O–H groups in total. The molecule has 0 fully saturated rings. The Labute approximate surface area is 145 Å². The van der Waals surface area contributed by atoms with Crippen LogP contribution in [-0.2, 0) is 9.53 Å². The summed E-state index contributed by atoms with van der Waals surface area (Å²) in [6, 6.07) is 6.53. The number of hydrogen-bond donors (Lipinski definition) is 1. The van der Waals surface area contributed by atoms with Gasteiger partial charge in [0.2, 0.25) is 0 Å². The minimum atomic E-state index is -0.901. The third kappa shape index (κ3) is 4.40. The van der Waals surface area contributed by atoms with E-state index in [-0.39, 0.29) is 21.4 Å². The Morgan fingerprint density at radius 1 is 1.29 bits per heavy atom. The van der Waals surface area contributed by atoms with Gasteiger partial charge < -0.3 is 10.1 Å². The van der Waals surface area contributed by atoms with Gasteiger partial charge >= 0.3 is 5.97 Å². The molecule has 2 aromatic rings. The molecule has 0 unspecified atom stereocenters. The number of ether oxygens (including phenoxy) is 1. The second-order valence-corrected chi connectivity index (χ2v) is 5.15. The van der Waals surface area contributed by atoms with E-state index in [1.54, 1.807) is 6.07 Å². The van der Waals surface area contributed by atoms with Crippen molar-refractivity contribution in [1.82, 2.24) is 4.98 Å². The quantitative estimate of drug-likeness (QED) is 0.375. The van der Waals surface area contributed by atoms with Crippen LogP contribution in [0.3, 0.4) is 0 Å². The van der Waals surface area contributed by atoms with Crippen LogP contribution in [0, 0.1) is 10.1 Å². The smallest absolute Gasteiger partial charge is 0.338 e. The number of nitro benzene ring substituents is 1. The predicted octanol–water partition coefficient (Wildman–Crippen LogP) is 3.09. The van der Waals surface area contributed by atoms with Crippen LogP contribution in [0.15, 0.2) is 36.5 Å². The lowest BCUT2D eigenvalue weighted by Gasteiger charge is -2.07. The highest BCUT2D eigenvalue weighted by atomic mass is 35.5. The first-order chi connectivity index (χ1) is 11.4. The maximum Gasteiger partial charge on any atom is 0.338 e. The van der Waals surface area contributed by atoms with Gasteiger partial charge in [-0.15, -0.1) is 0 Å². The third-order valence-electron chi connectivity index (χ3n) is 2.75. The fraction of sp³-hybridized carbons (Fsp3) is 0.0714. The maximum absolute atomic E-state index is 11.8. The van der Waals surface area contributed by atoms with Gasteiger partial charge in [0.05, 0.1) is 16.2 Å². The van der Waals surface area contributed by atoms with Crippen LogP contribution in [0.25, 0.3) is 0 Å². The van der Waals surface area contributed by atoms with Gasteiger partial charge in [-0.2, -0.15) is 0 Å². The van der Waals surface area contributed by atoms with Crippen LogP contribution in [0.1, 0.15) is 10.4 Å². The Kier molecular flexibility index (Phi) is 5.67. The minimum Gasteiger partial charge on any atom is -0.452 e. The highest BCUT2D eigenvalue weighted by molar-refractivity contribution is 6.33. The Bertz CT molecular complexity index is 813. The summed E-state index contributed by atoms with van der Waals surface area (Å²) in [5, 5.41) is 13.2. The summed E-state index contributed by atoms with van der Waals surface area (Å²) in [5.74, 6) is -1.54. The first-order valence-corrected chi connectivity index (χ1v) is 7.15. The number of amides is 1. The van der Waals surface area contributed by atoms with Crippen molar-refractivity contribution in [3.05, 3.63) is 62.4 Å². The molecule has 0 bridgehead atoms. The molecule has 10 heteroatoms. The van der Waals surface area contributed by atoms with Crippen LogP contribution < -0.4 is 5.32 Å². The van der Waals surface area contributed by atoms with E-state index in [9.17, 15) is 19.7 Å². The van der Waals surface area contributed by atoms with Crippen LogP contribution in [0.4, 0.5) is 11.4 Å². The molecule has 1 aromatic carbocycles. The van der Waals surface area contributed by atoms with Gasteiger partial charge in [-0.3, -0.25) is 14.9 Å². The topological polar surface area (TPSA) is 111 Å². The van der Waals surface area contributed by atoms with Crippen molar-refractivity contribution in [3.63, 3.8) is 0 Å². The van der Waals surface area contributed by atoms with E-state index in [0.717, 1.165) is 6.07 Å². The number of nitrogens with one attached hydrogen (secondary N) is 1. The summed E-state index contributed by atoms with van der Waals surface area (Å²) in [7, 11) is 0. The average molecular weight is 370 g/mol. The van der Waals surface area contributed by atoms with Crippen LogP contribution in [0.5, 0.6) is 0 Å². The van der Waals surface area contributed by atoms with Crippen molar-refractivity contribution in [2.75, 3.05) is 11.9 Å². The van der Waals surface area contributed by atoms with E-state index in [1.165, 1.54) is 24.4 Å². The largest absolute Gasteiger partial charge is 0.452 e. The lowest BCUT2D eigenvalue weighted by Crippen LogP contribution is -2.21. The number of halogens is 2. The van der Waals surface area contributed by atoms with Crippen LogP contribution in [0.2, 0.25) is 10.2 Å². The lowest BCUT2D eigenvalue weighted by molar-refractivity contribution is -0.384. The molecule has 0 saturated carbocycles. The fourth-order valence-electron chi connectivity index (χ4n) is 1.66. The number of rotatable bonds is 5. The van der Waals surface area contributed by atoms with Gasteiger partial charge in [-0.1, -0.05) is 23.2 Å². The first kappa shape index (κ1) is 17.6. The summed E-state index contributed by atoms with van der Waals surface area (Å²) in [6.45, 7) is -0.597. The maximum atomic E-state index is 11.8. The van der Waals surface area contributed by atoms with Crippen molar-refractivity contribution in [2.45, 2.75) is 0 Å². The highest BCUT2D eigenvalue weighted by Crippen LogP contribution is 2.25. The SMILES string of the molecule is O=C(COC(=O)c1ccc(Cl)c([N+](=O)[O-])c1)Nc1cccnc1Cl. The first-order valence-electron chi connectivity index (χ1n) is 6.40. The Balaban J connectivity index is 1.98. The normalized spacial score (nSPS) is 10.1. The zero-order chi connectivity index (χ0) is 17.7. The van der Waals surface area contributed by atoms with Crippen molar-refractivity contribution in [1.29, 1.82) is 0 Å². The molecule has 0 saturated heterocycles. The van der Waals surface area contributed by atoms with Gasteiger partial charge in [-0.25, -0.2) is 9.78 Å². The standard InChI is InChI=1S/C14H9Cl2N3O5/c15-9-4-3-8(6-11(9)19(22)23)14(21)24-7-12(20)18-10-2-1-5-17-13(10)16/h1-6H,7H2,(H,18,20). The number of hydrogen-bond acceptors (Lipinski definition) is 6. The molecule has 124 valence electrons. The predicted molar refractivity (Wildman–Crippen MR) is 86.3 cm³/mol. The van der Waals surface area contributed by atoms with Crippen LogP contribution >= 0.6 is 23.2 Å². The number of esters is 1. The van der Waals surface area contributed by atoms with E-state index in [0.29, 0.717) is 0 Å². The van der Waals surface area contributed by atoms with Gasteiger partial charge in [0.25, 0.3) is 11.6 Å². The molecule has 1 aromatic heterocycles. The highest BCUT2D eigenvalue weighted by Gasteiger charge is 2.18. The third-order valence-corrected chi connectivity index (χ3v) is 3.37. The molecule has 1 amide bonds. The molecule has 0 atom stereocenters. The number of nitro groups is 1. The summed E-state index contributed by atoms with van der Waals surface area (Å²) in [5.41, 5.74) is -0.265. The number of carbonyl (C=O) groups excluding carboxylic acids is 2. The monoisotopic (exact) mass is 369 g/mol. The van der Waals surface area contributed by atoms with Crippen molar-refractivity contribution >= 4 is 46.5 Å². The molecule has 0 aliphatic rings. The van der Waals surface area contributed by atoms with E-state index in [4.69, 9.17) is 27.9 Å². The Morgan fingerprint density at radius 3 is 2.71 bits per heavy atom. The molecule has 24 heavy (non-hydrogen) atoms. The molecule has 0 aliphatic heterocycles. The Morgan fingerprint density at radius 2 is 2.04 bits per heavy atom. The average Bonchev–Trinajstić information content (AvgIpc) is 2.55. The number of carbonyl (C=O) groups is 2. The van der Waals surface area contributed by atoms with Crippen LogP contribution in [-0.4, -0.2) is 28.4 Å². The van der Waals surface area contributed by atoms with Crippen molar-refractivity contribution in [2.24, 2.45) is 0 Å². The molecule has 0 aliphatic carbocycles. The molecule has 0 radical (unpaired) electrons. The number of aromatic nitrogens is 1. The summed E-state index contributed by atoms with van der Waals surface area (Å²) in [6.07, 6.45) is 1.45. The van der Waals surface area contributed by atoms with E-state index in [2.05, 4.69) is 10.3 Å². The summed E-state index contributed by atoms with van der Waals surface area (Å²) >= 11 is 11.4. The summed E-state index contributed by atoms with van der Waals surface area (Å²) in [4.78, 5) is 37.4. The van der Waals surface area contributed by atoms with Crippen molar-refractivity contribution < 1.29 is 19.2 Å². The number of nitrogens with zero attached hydrogens (tertiary/aromatic N) is 2.